The summed E-state index contributed by atoms with van der Waals surface area (Å²) < 4.78 is 5.16. The molecule has 1 aromatic carbocycles. The Morgan fingerprint density at radius 3 is 2.68 bits per heavy atom. The van der Waals surface area contributed by atoms with Crippen LogP contribution in [-0.2, 0) is 4.84 Å². The lowest BCUT2D eigenvalue weighted by Crippen LogP contribution is -2.28. The van der Waals surface area contributed by atoms with E-state index >= 15 is 0 Å². The first-order chi connectivity index (χ1) is 9.22. The Balaban J connectivity index is 2.04. The van der Waals surface area contributed by atoms with Crippen LogP contribution in [0.25, 0.3) is 0 Å². The predicted octanol–water partition coefficient (Wildman–Crippen LogP) is 1.55. The molecule has 102 valence electrons. The molecule has 1 heterocycles. The van der Waals surface area contributed by atoms with Gasteiger partial charge in [0.2, 0.25) is 0 Å². The number of hydrogen-bond acceptors (Lipinski definition) is 4. The number of rotatable bonds is 3. The number of carbonyl (C=O) groups is 1. The van der Waals surface area contributed by atoms with Gasteiger partial charge in [0.05, 0.1) is 12.7 Å². The summed E-state index contributed by atoms with van der Waals surface area (Å²) in [6.45, 7) is 1.42. The Bertz CT molecular complexity index is 482. The Morgan fingerprint density at radius 2 is 2.00 bits per heavy atom. The van der Waals surface area contributed by atoms with Crippen molar-refractivity contribution in [1.29, 1.82) is 0 Å². The standard InChI is InChI=1S/C13H17N3O3/c1-18-11-7-3-2-6-10(11)12(14)15-19-13(17)16-8-4-5-9-16/h2-3,6-7H,4-5,8-9H2,1H3,(H2,14,15). The predicted molar refractivity (Wildman–Crippen MR) is 71.0 cm³/mol. The van der Waals surface area contributed by atoms with E-state index in [1.54, 1.807) is 24.1 Å². The highest BCUT2D eigenvalue weighted by Crippen LogP contribution is 2.17. The van der Waals surface area contributed by atoms with Crippen molar-refractivity contribution in [3.8, 4) is 5.75 Å². The Morgan fingerprint density at radius 1 is 1.32 bits per heavy atom. The van der Waals surface area contributed by atoms with Crippen LogP contribution >= 0.6 is 0 Å². The summed E-state index contributed by atoms with van der Waals surface area (Å²) >= 11 is 0. The van der Waals surface area contributed by atoms with Crippen molar-refractivity contribution in [2.45, 2.75) is 12.8 Å². The van der Waals surface area contributed by atoms with Crippen LogP contribution in [0, 0.1) is 0 Å². The van der Waals surface area contributed by atoms with E-state index in [1.807, 2.05) is 12.1 Å². The molecule has 0 aromatic heterocycles. The van der Waals surface area contributed by atoms with Gasteiger partial charge in [0.1, 0.15) is 5.75 Å². The average molecular weight is 263 g/mol. The summed E-state index contributed by atoms with van der Waals surface area (Å²) in [4.78, 5) is 18.1. The first-order valence-electron chi connectivity index (χ1n) is 6.15. The number of methoxy groups -OCH3 is 1. The molecule has 1 saturated heterocycles. The van der Waals surface area contributed by atoms with Gasteiger partial charge in [0.25, 0.3) is 0 Å². The van der Waals surface area contributed by atoms with E-state index in [0.717, 1.165) is 12.8 Å². The second-order valence-corrected chi connectivity index (χ2v) is 4.23. The second-order valence-electron chi connectivity index (χ2n) is 4.23. The number of para-hydroxylation sites is 1. The lowest BCUT2D eigenvalue weighted by atomic mass is 10.2. The number of amides is 1. The minimum absolute atomic E-state index is 0.116. The first kappa shape index (κ1) is 13.2. The van der Waals surface area contributed by atoms with Crippen molar-refractivity contribution in [3.05, 3.63) is 29.8 Å². The lowest BCUT2D eigenvalue weighted by Gasteiger charge is -2.12. The third-order valence-electron chi connectivity index (χ3n) is 2.97. The van der Waals surface area contributed by atoms with Crippen molar-refractivity contribution < 1.29 is 14.4 Å². The van der Waals surface area contributed by atoms with Crippen LogP contribution in [0.3, 0.4) is 0 Å². The van der Waals surface area contributed by atoms with Gasteiger partial charge in [0.15, 0.2) is 5.84 Å². The molecule has 1 aliphatic rings. The minimum Gasteiger partial charge on any atom is -0.496 e. The molecule has 1 fully saturated rings. The van der Waals surface area contributed by atoms with Gasteiger partial charge in [-0.05, 0) is 25.0 Å². The number of likely N-dealkylation sites (tertiary alicyclic amines) is 1. The summed E-state index contributed by atoms with van der Waals surface area (Å²) in [5.41, 5.74) is 6.39. The van der Waals surface area contributed by atoms with Crippen molar-refractivity contribution in [2.24, 2.45) is 10.9 Å². The highest BCUT2D eigenvalue weighted by molar-refractivity contribution is 5.99. The average Bonchev–Trinajstić information content (AvgIpc) is 2.98. The van der Waals surface area contributed by atoms with Crippen LogP contribution in [0.4, 0.5) is 4.79 Å². The number of nitrogens with two attached hydrogens (primary N) is 1. The molecule has 1 aromatic rings. The molecule has 6 heteroatoms. The third-order valence-corrected chi connectivity index (χ3v) is 2.97. The quantitative estimate of drug-likeness (QED) is 0.388. The number of oxime groups is 1. The fourth-order valence-corrected chi connectivity index (χ4v) is 1.95. The number of hydrogen-bond donors (Lipinski definition) is 1. The van der Waals surface area contributed by atoms with Gasteiger partial charge in [-0.15, -0.1) is 0 Å². The fraction of sp³-hybridized carbons (Fsp3) is 0.385. The molecule has 0 unspecified atom stereocenters. The minimum atomic E-state index is -0.463. The second kappa shape index (κ2) is 6.08. The van der Waals surface area contributed by atoms with Crippen molar-refractivity contribution in [3.63, 3.8) is 0 Å². The molecule has 0 bridgehead atoms. The van der Waals surface area contributed by atoms with Gasteiger partial charge in [-0.2, -0.15) is 0 Å². The maximum Gasteiger partial charge on any atom is 0.436 e. The van der Waals surface area contributed by atoms with Crippen molar-refractivity contribution in [1.82, 2.24) is 4.90 Å². The van der Waals surface area contributed by atoms with Gasteiger partial charge < -0.3 is 15.4 Å². The monoisotopic (exact) mass is 263 g/mol. The van der Waals surface area contributed by atoms with Gasteiger partial charge in [-0.25, -0.2) is 4.79 Å². The zero-order chi connectivity index (χ0) is 13.7. The Kier molecular flexibility index (Phi) is 4.22. The van der Waals surface area contributed by atoms with Crippen LogP contribution in [0.2, 0.25) is 0 Å². The van der Waals surface area contributed by atoms with Crippen LogP contribution in [0.5, 0.6) is 5.75 Å². The maximum absolute atomic E-state index is 11.6. The van der Waals surface area contributed by atoms with Gasteiger partial charge in [0, 0.05) is 13.1 Å². The van der Waals surface area contributed by atoms with E-state index in [9.17, 15) is 4.79 Å². The number of amidine groups is 1. The smallest absolute Gasteiger partial charge is 0.436 e. The topological polar surface area (TPSA) is 77.1 Å². The SMILES string of the molecule is COc1ccccc1C(N)=NOC(=O)N1CCCC1. The third kappa shape index (κ3) is 3.15. The molecule has 6 nitrogen and oxygen atoms in total. The summed E-state index contributed by atoms with van der Waals surface area (Å²) in [6.07, 6.45) is 1.54. The molecule has 0 radical (unpaired) electrons. The maximum atomic E-state index is 11.6. The Hall–Kier alpha value is -2.24. The molecule has 0 aliphatic carbocycles. The number of benzene rings is 1. The number of carbonyl (C=O) groups excluding carboxylic acids is 1. The molecule has 2 N–H and O–H groups in total. The molecule has 0 spiro atoms. The summed E-state index contributed by atoms with van der Waals surface area (Å²) in [6, 6.07) is 7.15. The van der Waals surface area contributed by atoms with E-state index in [1.165, 1.54) is 0 Å². The first-order valence-corrected chi connectivity index (χ1v) is 6.15. The van der Waals surface area contributed by atoms with Gasteiger partial charge >= 0.3 is 6.09 Å². The van der Waals surface area contributed by atoms with Crippen LogP contribution in [0.1, 0.15) is 18.4 Å². The van der Waals surface area contributed by atoms with E-state index < -0.39 is 6.09 Å². The van der Waals surface area contributed by atoms with Crippen molar-refractivity contribution in [2.75, 3.05) is 20.2 Å². The van der Waals surface area contributed by atoms with Gasteiger partial charge in [-0.3, -0.25) is 4.84 Å². The molecule has 0 atom stereocenters. The molecule has 1 amide bonds. The van der Waals surface area contributed by atoms with Crippen LogP contribution < -0.4 is 10.5 Å². The summed E-state index contributed by atoms with van der Waals surface area (Å²) in [7, 11) is 1.54. The van der Waals surface area contributed by atoms with Gasteiger partial charge in [-0.1, -0.05) is 17.3 Å². The van der Waals surface area contributed by atoms with Crippen LogP contribution in [0.15, 0.2) is 29.4 Å². The lowest BCUT2D eigenvalue weighted by molar-refractivity contribution is 0.114. The largest absolute Gasteiger partial charge is 0.496 e. The Labute approximate surface area is 111 Å². The van der Waals surface area contributed by atoms with E-state index in [0.29, 0.717) is 24.4 Å². The highest BCUT2D eigenvalue weighted by Gasteiger charge is 2.19. The number of ether oxygens (including phenoxy) is 1. The molecule has 1 aliphatic heterocycles. The fourth-order valence-electron chi connectivity index (χ4n) is 1.95. The van der Waals surface area contributed by atoms with E-state index in [4.69, 9.17) is 15.3 Å². The molecular weight excluding hydrogens is 246 g/mol. The normalized spacial score (nSPS) is 15.4. The molecule has 19 heavy (non-hydrogen) atoms. The zero-order valence-corrected chi connectivity index (χ0v) is 10.8. The van der Waals surface area contributed by atoms with Crippen LogP contribution in [-0.4, -0.2) is 37.0 Å². The summed E-state index contributed by atoms with van der Waals surface area (Å²) in [5.74, 6) is 0.700. The van der Waals surface area contributed by atoms with E-state index in [2.05, 4.69) is 5.16 Å². The molecule has 0 saturated carbocycles. The highest BCUT2D eigenvalue weighted by atomic mass is 16.7. The molecule has 2 rings (SSSR count). The summed E-state index contributed by atoms with van der Waals surface area (Å²) in [5, 5.41) is 3.67. The zero-order valence-electron chi connectivity index (χ0n) is 10.8. The van der Waals surface area contributed by atoms with Crippen molar-refractivity contribution >= 4 is 11.9 Å². The number of nitrogens with zero attached hydrogens (tertiary/aromatic N) is 2. The van der Waals surface area contributed by atoms with E-state index in [-0.39, 0.29) is 5.84 Å². The molecular formula is C13H17N3O3.